The summed E-state index contributed by atoms with van der Waals surface area (Å²) in [4.78, 5) is 17.4. The van der Waals surface area contributed by atoms with Crippen LogP contribution in [0.15, 0.2) is 24.3 Å². The van der Waals surface area contributed by atoms with E-state index in [1.165, 1.54) is 11.3 Å². The van der Waals surface area contributed by atoms with Gasteiger partial charge in [0.15, 0.2) is 11.7 Å². The van der Waals surface area contributed by atoms with Crippen molar-refractivity contribution in [2.24, 2.45) is 0 Å². The highest BCUT2D eigenvalue weighted by molar-refractivity contribution is 7.15. The first-order valence-corrected chi connectivity index (χ1v) is 7.58. The summed E-state index contributed by atoms with van der Waals surface area (Å²) in [7, 11) is 0. The van der Waals surface area contributed by atoms with Gasteiger partial charge in [0.05, 0.1) is 23.8 Å². The number of amides is 1. The Morgan fingerprint density at radius 1 is 1.43 bits per heavy atom. The Morgan fingerprint density at radius 3 is 3.00 bits per heavy atom. The molecule has 1 N–H and O–H groups in total. The number of rotatable bonds is 4. The number of hydrogen-bond donors (Lipinski definition) is 1. The third-order valence-electron chi connectivity index (χ3n) is 3.13. The third-order valence-corrected chi connectivity index (χ3v) is 4.12. The van der Waals surface area contributed by atoms with Crippen LogP contribution in [0.25, 0.3) is 0 Å². The van der Waals surface area contributed by atoms with Gasteiger partial charge >= 0.3 is 0 Å². The highest BCUT2D eigenvalue weighted by atomic mass is 32.1. The van der Waals surface area contributed by atoms with Gasteiger partial charge in [-0.25, -0.2) is 4.98 Å². The highest BCUT2D eigenvalue weighted by Gasteiger charge is 2.16. The normalized spacial score (nSPS) is 13.6. The van der Waals surface area contributed by atoms with Crippen molar-refractivity contribution in [3.05, 3.63) is 40.4 Å². The van der Waals surface area contributed by atoms with Crippen LogP contribution in [0.2, 0.25) is 0 Å². The summed E-state index contributed by atoms with van der Waals surface area (Å²) in [5.41, 5.74) is 2.18. The molecule has 110 valence electrons. The molecule has 0 saturated heterocycles. The Bertz CT molecular complexity index is 613. The van der Waals surface area contributed by atoms with Gasteiger partial charge in [0, 0.05) is 6.42 Å². The van der Waals surface area contributed by atoms with Crippen LogP contribution in [0.4, 0.5) is 5.13 Å². The molecule has 1 aromatic carbocycles. The second-order valence-electron chi connectivity index (χ2n) is 4.84. The zero-order valence-corrected chi connectivity index (χ0v) is 12.5. The van der Waals surface area contributed by atoms with Crippen molar-refractivity contribution >= 4 is 22.4 Å². The van der Waals surface area contributed by atoms with Crippen molar-refractivity contribution in [2.75, 3.05) is 18.5 Å². The molecule has 1 aliphatic rings. The van der Waals surface area contributed by atoms with E-state index in [0.29, 0.717) is 24.1 Å². The van der Waals surface area contributed by atoms with Crippen molar-refractivity contribution in [3.63, 3.8) is 0 Å². The summed E-state index contributed by atoms with van der Waals surface area (Å²) in [6.45, 7) is 3.26. The molecule has 2 aromatic rings. The summed E-state index contributed by atoms with van der Waals surface area (Å²) in [5.74, 6) is 0.477. The van der Waals surface area contributed by atoms with E-state index in [1.54, 1.807) is 0 Å². The maximum absolute atomic E-state index is 11.9. The molecule has 5 nitrogen and oxygen atoms in total. The minimum Gasteiger partial charge on any atom is -0.484 e. The molecule has 6 heteroatoms. The van der Waals surface area contributed by atoms with E-state index in [9.17, 15) is 4.79 Å². The molecule has 3 rings (SSSR count). The molecule has 1 aliphatic heterocycles. The second kappa shape index (κ2) is 6.24. The highest BCUT2D eigenvalue weighted by Crippen LogP contribution is 2.26. The molecule has 0 bridgehead atoms. The van der Waals surface area contributed by atoms with Gasteiger partial charge in [-0.05, 0) is 19.1 Å². The molecular weight excluding hydrogens is 288 g/mol. The molecule has 1 aromatic heterocycles. The summed E-state index contributed by atoms with van der Waals surface area (Å²) in [5, 5.41) is 3.38. The lowest BCUT2D eigenvalue weighted by atomic mass is 10.2. The van der Waals surface area contributed by atoms with Crippen molar-refractivity contribution in [1.82, 2.24) is 4.98 Å². The fourth-order valence-corrected chi connectivity index (χ4v) is 2.98. The Morgan fingerprint density at radius 2 is 2.24 bits per heavy atom. The lowest BCUT2D eigenvalue weighted by molar-refractivity contribution is -0.118. The Labute approximate surface area is 126 Å². The maximum atomic E-state index is 11.9. The number of hydrogen-bond acceptors (Lipinski definition) is 5. The average Bonchev–Trinajstić information content (AvgIpc) is 2.88. The van der Waals surface area contributed by atoms with Gasteiger partial charge in [-0.2, -0.15) is 0 Å². The van der Waals surface area contributed by atoms with Crippen LogP contribution in [0.5, 0.6) is 5.75 Å². The molecule has 1 amide bonds. The number of fused-ring (bicyclic) bond motifs is 1. The predicted octanol–water partition coefficient (Wildman–Crippen LogP) is 2.54. The topological polar surface area (TPSA) is 60.5 Å². The fraction of sp³-hybridized carbons (Fsp3) is 0.333. The standard InChI is InChI=1S/C15H16N2O3S/c1-10-2-4-11(5-3-10)20-9-14(18)17-15-16-12-6-7-19-8-13(12)21-15/h2-5H,6-9H2,1H3,(H,16,17,18). The quantitative estimate of drug-likeness (QED) is 0.943. The average molecular weight is 304 g/mol. The molecule has 0 radical (unpaired) electrons. The van der Waals surface area contributed by atoms with Crippen LogP contribution in [-0.4, -0.2) is 24.1 Å². The van der Waals surface area contributed by atoms with E-state index in [-0.39, 0.29) is 12.5 Å². The van der Waals surface area contributed by atoms with Crippen LogP contribution in [-0.2, 0) is 22.6 Å². The van der Waals surface area contributed by atoms with Gasteiger partial charge in [-0.1, -0.05) is 29.0 Å². The zero-order chi connectivity index (χ0) is 14.7. The van der Waals surface area contributed by atoms with E-state index in [0.717, 1.165) is 22.6 Å². The Kier molecular flexibility index (Phi) is 4.17. The van der Waals surface area contributed by atoms with Gasteiger partial charge in [-0.15, -0.1) is 0 Å². The molecule has 0 atom stereocenters. The Balaban J connectivity index is 1.54. The minimum atomic E-state index is -0.206. The number of ether oxygens (including phenoxy) is 2. The van der Waals surface area contributed by atoms with Crippen LogP contribution in [0, 0.1) is 6.92 Å². The summed E-state index contributed by atoms with van der Waals surface area (Å²) in [6, 6.07) is 7.59. The fourth-order valence-electron chi connectivity index (χ4n) is 2.02. The van der Waals surface area contributed by atoms with E-state index >= 15 is 0 Å². The number of aryl methyl sites for hydroxylation is 1. The number of nitrogens with one attached hydrogen (secondary N) is 1. The smallest absolute Gasteiger partial charge is 0.264 e. The Hall–Kier alpha value is -1.92. The molecule has 0 saturated carbocycles. The van der Waals surface area contributed by atoms with Gasteiger partial charge in [0.25, 0.3) is 5.91 Å². The van der Waals surface area contributed by atoms with Gasteiger partial charge in [-0.3, -0.25) is 10.1 Å². The number of nitrogens with zero attached hydrogens (tertiary/aromatic N) is 1. The SMILES string of the molecule is Cc1ccc(OCC(=O)Nc2nc3c(s2)COCC3)cc1. The van der Waals surface area contributed by atoms with E-state index in [2.05, 4.69) is 10.3 Å². The molecular formula is C15H16N2O3S. The number of carbonyl (C=O) groups is 1. The van der Waals surface area contributed by atoms with Crippen molar-refractivity contribution in [3.8, 4) is 5.75 Å². The lowest BCUT2D eigenvalue weighted by Crippen LogP contribution is -2.20. The van der Waals surface area contributed by atoms with Gasteiger partial charge < -0.3 is 9.47 Å². The van der Waals surface area contributed by atoms with Gasteiger partial charge in [0.1, 0.15) is 5.75 Å². The van der Waals surface area contributed by atoms with E-state index in [4.69, 9.17) is 9.47 Å². The minimum absolute atomic E-state index is 0.0240. The first-order chi connectivity index (χ1) is 10.2. The lowest BCUT2D eigenvalue weighted by Gasteiger charge is -2.08. The van der Waals surface area contributed by atoms with Crippen molar-refractivity contribution in [1.29, 1.82) is 0 Å². The largest absolute Gasteiger partial charge is 0.484 e. The molecule has 2 heterocycles. The zero-order valence-electron chi connectivity index (χ0n) is 11.7. The van der Waals surface area contributed by atoms with Crippen LogP contribution in [0.1, 0.15) is 16.1 Å². The second-order valence-corrected chi connectivity index (χ2v) is 5.92. The summed E-state index contributed by atoms with van der Waals surface area (Å²) < 4.78 is 10.8. The molecule has 0 aliphatic carbocycles. The number of carbonyl (C=O) groups excluding carboxylic acids is 1. The molecule has 0 spiro atoms. The van der Waals surface area contributed by atoms with E-state index < -0.39 is 0 Å². The maximum Gasteiger partial charge on any atom is 0.264 e. The molecule has 0 unspecified atom stereocenters. The van der Waals surface area contributed by atoms with Crippen LogP contribution in [0.3, 0.4) is 0 Å². The van der Waals surface area contributed by atoms with Crippen LogP contribution < -0.4 is 10.1 Å². The monoisotopic (exact) mass is 304 g/mol. The number of anilines is 1. The number of aromatic nitrogens is 1. The van der Waals surface area contributed by atoms with Crippen molar-refractivity contribution < 1.29 is 14.3 Å². The van der Waals surface area contributed by atoms with Gasteiger partial charge in [0.2, 0.25) is 0 Å². The first-order valence-electron chi connectivity index (χ1n) is 6.76. The third kappa shape index (κ3) is 3.59. The number of benzene rings is 1. The summed E-state index contributed by atoms with van der Waals surface area (Å²) >= 11 is 1.46. The van der Waals surface area contributed by atoms with E-state index in [1.807, 2.05) is 31.2 Å². The number of thiazole rings is 1. The predicted molar refractivity (Wildman–Crippen MR) is 80.8 cm³/mol. The van der Waals surface area contributed by atoms with Crippen LogP contribution >= 0.6 is 11.3 Å². The van der Waals surface area contributed by atoms with Crippen molar-refractivity contribution in [2.45, 2.75) is 20.0 Å². The molecule has 0 fully saturated rings. The summed E-state index contributed by atoms with van der Waals surface area (Å²) in [6.07, 6.45) is 0.807. The molecule has 21 heavy (non-hydrogen) atoms. The first kappa shape index (κ1) is 14.0.